The van der Waals surface area contributed by atoms with Gasteiger partial charge in [0.05, 0.1) is 27.5 Å². The number of amides is 1. The van der Waals surface area contributed by atoms with E-state index < -0.39 is 0 Å². The molecule has 0 radical (unpaired) electrons. The molecule has 2 rings (SSSR count). The van der Waals surface area contributed by atoms with Gasteiger partial charge in [0, 0.05) is 17.7 Å². The molecule has 7 nitrogen and oxygen atoms in total. The highest BCUT2D eigenvalue weighted by Crippen LogP contribution is 2.37. The molecule has 0 aliphatic heterocycles. The minimum Gasteiger partial charge on any atom is -0.493 e. The number of methoxy groups -OCH3 is 3. The quantitative estimate of drug-likeness (QED) is 0.592. The second kappa shape index (κ2) is 8.70. The summed E-state index contributed by atoms with van der Waals surface area (Å²) in [7, 11) is 4.60. The molecule has 25 heavy (non-hydrogen) atoms. The first-order valence-electron chi connectivity index (χ1n) is 7.55. The van der Waals surface area contributed by atoms with Crippen molar-refractivity contribution < 1.29 is 19.0 Å². The van der Waals surface area contributed by atoms with Gasteiger partial charge in [0.15, 0.2) is 11.5 Å². The molecule has 0 aromatic heterocycles. The van der Waals surface area contributed by atoms with Crippen LogP contribution in [-0.4, -0.2) is 33.5 Å². The standard InChI is InChI=1S/C18H21N3O4/c1-23-15-8-13(9-16(24-2)17(15)25-3)11-20-21-18(22)14-6-4-12(10-19)5-7-14/h4-9,11H,10,19H2,1-3H3,(H,21,22). The van der Waals surface area contributed by atoms with Crippen molar-refractivity contribution in [2.24, 2.45) is 10.8 Å². The molecule has 2 aromatic carbocycles. The number of benzene rings is 2. The van der Waals surface area contributed by atoms with Crippen molar-refractivity contribution in [2.75, 3.05) is 21.3 Å². The van der Waals surface area contributed by atoms with Crippen LogP contribution < -0.4 is 25.4 Å². The molecule has 0 saturated heterocycles. The van der Waals surface area contributed by atoms with Crippen LogP contribution in [0.3, 0.4) is 0 Å². The molecule has 0 saturated carbocycles. The monoisotopic (exact) mass is 343 g/mol. The van der Waals surface area contributed by atoms with Gasteiger partial charge in [0.1, 0.15) is 0 Å². The summed E-state index contributed by atoms with van der Waals surface area (Å²) in [6.07, 6.45) is 1.50. The molecule has 0 aliphatic carbocycles. The van der Waals surface area contributed by atoms with Crippen LogP contribution in [-0.2, 0) is 6.54 Å². The van der Waals surface area contributed by atoms with Crippen LogP contribution in [0.1, 0.15) is 21.5 Å². The van der Waals surface area contributed by atoms with E-state index in [1.165, 1.54) is 27.5 Å². The van der Waals surface area contributed by atoms with Crippen LogP contribution in [0.15, 0.2) is 41.5 Å². The van der Waals surface area contributed by atoms with Crippen molar-refractivity contribution >= 4 is 12.1 Å². The Kier molecular flexibility index (Phi) is 6.36. The predicted molar refractivity (Wildman–Crippen MR) is 95.5 cm³/mol. The fraction of sp³-hybridized carbons (Fsp3) is 0.222. The Morgan fingerprint density at radius 1 is 1.08 bits per heavy atom. The van der Waals surface area contributed by atoms with E-state index in [-0.39, 0.29) is 5.91 Å². The number of nitrogens with two attached hydrogens (primary N) is 1. The van der Waals surface area contributed by atoms with E-state index in [9.17, 15) is 4.79 Å². The fourth-order valence-electron chi connectivity index (χ4n) is 2.20. The lowest BCUT2D eigenvalue weighted by molar-refractivity contribution is 0.0955. The zero-order valence-corrected chi connectivity index (χ0v) is 14.4. The number of carbonyl (C=O) groups excluding carboxylic acids is 1. The Morgan fingerprint density at radius 2 is 1.68 bits per heavy atom. The average molecular weight is 343 g/mol. The van der Waals surface area contributed by atoms with E-state index in [0.29, 0.717) is 34.9 Å². The molecule has 0 unspecified atom stereocenters. The first-order chi connectivity index (χ1) is 12.1. The van der Waals surface area contributed by atoms with Gasteiger partial charge in [0.25, 0.3) is 5.91 Å². The van der Waals surface area contributed by atoms with Gasteiger partial charge < -0.3 is 19.9 Å². The van der Waals surface area contributed by atoms with Gasteiger partial charge >= 0.3 is 0 Å². The molecule has 132 valence electrons. The van der Waals surface area contributed by atoms with Crippen molar-refractivity contribution in [3.8, 4) is 17.2 Å². The normalized spacial score (nSPS) is 10.6. The summed E-state index contributed by atoms with van der Waals surface area (Å²) in [5.41, 5.74) is 10.2. The summed E-state index contributed by atoms with van der Waals surface area (Å²) in [4.78, 5) is 12.1. The Balaban J connectivity index is 2.11. The second-order valence-corrected chi connectivity index (χ2v) is 5.06. The number of nitrogens with one attached hydrogen (secondary N) is 1. The first kappa shape index (κ1) is 18.3. The molecule has 2 aromatic rings. The number of carbonyl (C=O) groups is 1. The van der Waals surface area contributed by atoms with E-state index in [1.807, 2.05) is 0 Å². The van der Waals surface area contributed by atoms with Crippen LogP contribution in [0.5, 0.6) is 17.2 Å². The Bertz CT molecular complexity index is 732. The fourth-order valence-corrected chi connectivity index (χ4v) is 2.20. The molecular formula is C18H21N3O4. The molecule has 3 N–H and O–H groups in total. The molecule has 0 aliphatic rings. The van der Waals surface area contributed by atoms with Crippen LogP contribution >= 0.6 is 0 Å². The van der Waals surface area contributed by atoms with Crippen molar-refractivity contribution in [3.05, 3.63) is 53.1 Å². The molecule has 0 spiro atoms. The van der Waals surface area contributed by atoms with Crippen LogP contribution in [0.4, 0.5) is 0 Å². The van der Waals surface area contributed by atoms with E-state index >= 15 is 0 Å². The van der Waals surface area contributed by atoms with Gasteiger partial charge in [0.2, 0.25) is 5.75 Å². The maximum atomic E-state index is 12.1. The third kappa shape index (κ3) is 4.48. The number of hydrogen-bond acceptors (Lipinski definition) is 6. The molecule has 0 atom stereocenters. The van der Waals surface area contributed by atoms with Gasteiger partial charge in [-0.3, -0.25) is 4.79 Å². The van der Waals surface area contributed by atoms with Crippen LogP contribution in [0, 0.1) is 0 Å². The summed E-state index contributed by atoms with van der Waals surface area (Å²) in [5, 5.41) is 3.97. The molecule has 7 heteroatoms. The Hall–Kier alpha value is -3.06. The SMILES string of the molecule is COc1cc(C=NNC(=O)c2ccc(CN)cc2)cc(OC)c1OC. The largest absolute Gasteiger partial charge is 0.493 e. The summed E-state index contributed by atoms with van der Waals surface area (Å²) in [6, 6.07) is 10.5. The van der Waals surface area contributed by atoms with Crippen molar-refractivity contribution in [2.45, 2.75) is 6.54 Å². The average Bonchev–Trinajstić information content (AvgIpc) is 2.66. The first-order valence-corrected chi connectivity index (χ1v) is 7.55. The highest BCUT2D eigenvalue weighted by molar-refractivity contribution is 5.95. The van der Waals surface area contributed by atoms with E-state index in [1.54, 1.807) is 36.4 Å². The number of rotatable bonds is 7. The van der Waals surface area contributed by atoms with E-state index in [2.05, 4.69) is 10.5 Å². The number of nitrogens with zero attached hydrogens (tertiary/aromatic N) is 1. The lowest BCUT2D eigenvalue weighted by atomic mass is 10.1. The number of hydrogen-bond donors (Lipinski definition) is 2. The molecular weight excluding hydrogens is 322 g/mol. The van der Waals surface area contributed by atoms with Gasteiger partial charge in [-0.2, -0.15) is 5.10 Å². The maximum Gasteiger partial charge on any atom is 0.271 e. The zero-order valence-electron chi connectivity index (χ0n) is 14.4. The summed E-state index contributed by atoms with van der Waals surface area (Å²) < 4.78 is 15.8. The van der Waals surface area contributed by atoms with E-state index in [4.69, 9.17) is 19.9 Å². The highest BCUT2D eigenvalue weighted by Gasteiger charge is 2.12. The lowest BCUT2D eigenvalue weighted by Gasteiger charge is -2.12. The van der Waals surface area contributed by atoms with Crippen molar-refractivity contribution in [1.82, 2.24) is 5.43 Å². The zero-order chi connectivity index (χ0) is 18.2. The van der Waals surface area contributed by atoms with Crippen molar-refractivity contribution in [3.63, 3.8) is 0 Å². The minimum absolute atomic E-state index is 0.313. The van der Waals surface area contributed by atoms with Crippen molar-refractivity contribution in [1.29, 1.82) is 0 Å². The summed E-state index contributed by atoms with van der Waals surface area (Å²) in [6.45, 7) is 0.432. The highest BCUT2D eigenvalue weighted by atomic mass is 16.5. The third-order valence-electron chi connectivity index (χ3n) is 3.52. The molecule has 1 amide bonds. The summed E-state index contributed by atoms with van der Waals surface area (Å²) in [5.74, 6) is 1.19. The minimum atomic E-state index is -0.313. The van der Waals surface area contributed by atoms with Gasteiger partial charge in [-0.25, -0.2) is 5.43 Å². The molecule has 0 fully saturated rings. The molecule has 0 heterocycles. The lowest BCUT2D eigenvalue weighted by Crippen LogP contribution is -2.17. The second-order valence-electron chi connectivity index (χ2n) is 5.06. The predicted octanol–water partition coefficient (Wildman–Crippen LogP) is 1.94. The summed E-state index contributed by atoms with van der Waals surface area (Å²) >= 11 is 0. The number of hydrazone groups is 1. The smallest absolute Gasteiger partial charge is 0.271 e. The maximum absolute atomic E-state index is 12.1. The van der Waals surface area contributed by atoms with Gasteiger partial charge in [-0.15, -0.1) is 0 Å². The van der Waals surface area contributed by atoms with E-state index in [0.717, 1.165) is 5.56 Å². The van der Waals surface area contributed by atoms with Crippen LogP contribution in [0.2, 0.25) is 0 Å². The number of ether oxygens (including phenoxy) is 3. The van der Waals surface area contributed by atoms with Gasteiger partial charge in [-0.1, -0.05) is 12.1 Å². The van der Waals surface area contributed by atoms with Crippen LogP contribution in [0.25, 0.3) is 0 Å². The Morgan fingerprint density at radius 3 is 2.16 bits per heavy atom. The topological polar surface area (TPSA) is 95.2 Å². The third-order valence-corrected chi connectivity index (χ3v) is 3.52. The Labute approximate surface area is 146 Å². The van der Waals surface area contributed by atoms with Gasteiger partial charge in [-0.05, 0) is 29.8 Å². The molecule has 0 bridgehead atoms.